The molecule has 1 aromatic heterocycles. The van der Waals surface area contributed by atoms with Crippen LogP contribution in [0, 0.1) is 19.8 Å². The van der Waals surface area contributed by atoms with Crippen LogP contribution >= 0.6 is 11.8 Å². The van der Waals surface area contributed by atoms with E-state index >= 15 is 0 Å². The third-order valence-corrected chi connectivity index (χ3v) is 7.88. The highest BCUT2D eigenvalue weighted by Gasteiger charge is 2.27. The standard InChI is InChI=1S/C22H29N3O4S2/c1-15-12-19(29-3)20(13-16(15)2)31(27,28)24-14-17-7-10-25(11-8-17)22(26)18-6-5-9-23-21(18)30-4/h5-6,9,12-13,17,24H,7-8,10-11,14H2,1-4H3. The van der Waals surface area contributed by atoms with Crippen LogP contribution in [0.1, 0.15) is 34.3 Å². The molecular formula is C22H29N3O4S2. The summed E-state index contributed by atoms with van der Waals surface area (Å²) in [6, 6.07) is 6.97. The number of sulfonamides is 1. The summed E-state index contributed by atoms with van der Waals surface area (Å²) < 4.78 is 33.8. The van der Waals surface area contributed by atoms with Gasteiger partial charge in [-0.05, 0) is 74.3 Å². The highest BCUT2D eigenvalue weighted by Crippen LogP contribution is 2.28. The molecule has 9 heteroatoms. The third-order valence-electron chi connectivity index (χ3n) is 5.73. The molecule has 31 heavy (non-hydrogen) atoms. The van der Waals surface area contributed by atoms with Crippen molar-refractivity contribution in [1.82, 2.24) is 14.6 Å². The Kier molecular flexibility index (Phi) is 7.61. The molecule has 0 atom stereocenters. The zero-order chi connectivity index (χ0) is 22.6. The van der Waals surface area contributed by atoms with Crippen molar-refractivity contribution >= 4 is 27.7 Å². The lowest BCUT2D eigenvalue weighted by Crippen LogP contribution is -2.41. The minimum absolute atomic E-state index is 0.0173. The Balaban J connectivity index is 1.60. The van der Waals surface area contributed by atoms with E-state index in [1.165, 1.54) is 18.9 Å². The van der Waals surface area contributed by atoms with Gasteiger partial charge in [0.1, 0.15) is 15.7 Å². The van der Waals surface area contributed by atoms with Crippen molar-refractivity contribution in [3.8, 4) is 5.75 Å². The molecule has 1 aliphatic heterocycles. The fourth-order valence-corrected chi connectivity index (χ4v) is 5.56. The van der Waals surface area contributed by atoms with Crippen LogP contribution in [0.3, 0.4) is 0 Å². The Morgan fingerprint density at radius 3 is 2.58 bits per heavy atom. The fraction of sp³-hybridized carbons (Fsp3) is 0.455. The maximum absolute atomic E-state index is 12.9. The number of likely N-dealkylation sites (tertiary alicyclic amines) is 1. The number of ether oxygens (including phenoxy) is 1. The molecule has 0 spiro atoms. The number of aryl methyl sites for hydroxylation is 2. The molecule has 2 aromatic rings. The lowest BCUT2D eigenvalue weighted by Gasteiger charge is -2.32. The van der Waals surface area contributed by atoms with E-state index < -0.39 is 10.0 Å². The van der Waals surface area contributed by atoms with Crippen LogP contribution < -0.4 is 9.46 Å². The van der Waals surface area contributed by atoms with Crippen LogP contribution in [-0.4, -0.2) is 57.2 Å². The molecule has 0 bridgehead atoms. The summed E-state index contributed by atoms with van der Waals surface area (Å²) in [6.45, 7) is 5.33. The van der Waals surface area contributed by atoms with Crippen molar-refractivity contribution in [2.45, 2.75) is 36.6 Å². The zero-order valence-electron chi connectivity index (χ0n) is 18.3. The first-order valence-electron chi connectivity index (χ1n) is 10.2. The maximum atomic E-state index is 12.9. The molecule has 0 saturated carbocycles. The summed E-state index contributed by atoms with van der Waals surface area (Å²) >= 11 is 1.46. The summed E-state index contributed by atoms with van der Waals surface area (Å²) in [5.41, 5.74) is 2.50. The molecule has 1 fully saturated rings. The van der Waals surface area contributed by atoms with Crippen LogP contribution in [0.2, 0.25) is 0 Å². The number of hydrogen-bond acceptors (Lipinski definition) is 6. The van der Waals surface area contributed by atoms with Crippen LogP contribution in [0.15, 0.2) is 40.4 Å². The zero-order valence-corrected chi connectivity index (χ0v) is 20.0. The summed E-state index contributed by atoms with van der Waals surface area (Å²) in [4.78, 5) is 19.1. The molecular weight excluding hydrogens is 434 g/mol. The highest BCUT2D eigenvalue weighted by atomic mass is 32.2. The van der Waals surface area contributed by atoms with E-state index in [1.54, 1.807) is 30.5 Å². The third kappa shape index (κ3) is 5.39. The molecule has 3 rings (SSSR count). The second kappa shape index (κ2) is 10.0. The van der Waals surface area contributed by atoms with Crippen molar-refractivity contribution in [2.24, 2.45) is 5.92 Å². The van der Waals surface area contributed by atoms with Gasteiger partial charge in [0.2, 0.25) is 10.0 Å². The lowest BCUT2D eigenvalue weighted by molar-refractivity contribution is 0.0687. The average molecular weight is 464 g/mol. The van der Waals surface area contributed by atoms with Gasteiger partial charge in [0.05, 0.1) is 12.7 Å². The van der Waals surface area contributed by atoms with Crippen LogP contribution in [-0.2, 0) is 10.0 Å². The molecule has 0 aliphatic carbocycles. The van der Waals surface area contributed by atoms with E-state index in [1.807, 2.05) is 25.0 Å². The largest absolute Gasteiger partial charge is 0.495 e. The van der Waals surface area contributed by atoms with Crippen molar-refractivity contribution in [1.29, 1.82) is 0 Å². The molecule has 1 aromatic carbocycles. The summed E-state index contributed by atoms with van der Waals surface area (Å²) in [7, 11) is -2.22. The van der Waals surface area contributed by atoms with Gasteiger partial charge in [0.15, 0.2) is 0 Å². The Hall–Kier alpha value is -2.10. The number of carbonyl (C=O) groups excluding carboxylic acids is 1. The number of thioether (sulfide) groups is 1. The smallest absolute Gasteiger partial charge is 0.256 e. The first-order chi connectivity index (χ1) is 14.8. The van der Waals surface area contributed by atoms with Gasteiger partial charge in [-0.2, -0.15) is 0 Å². The predicted molar refractivity (Wildman–Crippen MR) is 122 cm³/mol. The molecule has 1 aliphatic rings. The molecule has 1 amide bonds. The van der Waals surface area contributed by atoms with Gasteiger partial charge in [-0.15, -0.1) is 11.8 Å². The Labute approximate surface area is 188 Å². The molecule has 168 valence electrons. The van der Waals surface area contributed by atoms with Crippen LogP contribution in [0.4, 0.5) is 0 Å². The second-order valence-electron chi connectivity index (χ2n) is 7.74. The monoisotopic (exact) mass is 463 g/mol. The molecule has 0 unspecified atom stereocenters. The van der Waals surface area contributed by atoms with Gasteiger partial charge >= 0.3 is 0 Å². The van der Waals surface area contributed by atoms with Crippen molar-refractivity contribution in [3.63, 3.8) is 0 Å². The van der Waals surface area contributed by atoms with E-state index in [2.05, 4.69) is 9.71 Å². The maximum Gasteiger partial charge on any atom is 0.256 e. The molecule has 1 saturated heterocycles. The number of piperidine rings is 1. The number of aromatic nitrogens is 1. The summed E-state index contributed by atoms with van der Waals surface area (Å²) in [5, 5.41) is 0.727. The number of carbonyl (C=O) groups is 1. The second-order valence-corrected chi connectivity index (χ2v) is 10.3. The van der Waals surface area contributed by atoms with Crippen molar-refractivity contribution < 1.29 is 17.9 Å². The summed E-state index contributed by atoms with van der Waals surface area (Å²) in [6.07, 6.45) is 5.08. The quantitative estimate of drug-likeness (QED) is 0.634. The van der Waals surface area contributed by atoms with Crippen molar-refractivity contribution in [2.75, 3.05) is 33.0 Å². The van der Waals surface area contributed by atoms with Gasteiger partial charge < -0.3 is 9.64 Å². The SMILES string of the molecule is COc1cc(C)c(C)cc1S(=O)(=O)NCC1CCN(C(=O)c2cccnc2SC)CC1. The van der Waals surface area contributed by atoms with Crippen LogP contribution in [0.5, 0.6) is 5.75 Å². The number of nitrogens with zero attached hydrogens (tertiary/aromatic N) is 2. The highest BCUT2D eigenvalue weighted by molar-refractivity contribution is 7.98. The van der Waals surface area contributed by atoms with E-state index in [0.29, 0.717) is 30.9 Å². The number of pyridine rings is 1. The Morgan fingerprint density at radius 2 is 1.94 bits per heavy atom. The molecule has 7 nitrogen and oxygen atoms in total. The molecule has 1 N–H and O–H groups in total. The van der Waals surface area contributed by atoms with Gasteiger partial charge in [-0.1, -0.05) is 0 Å². The summed E-state index contributed by atoms with van der Waals surface area (Å²) in [5.74, 6) is 0.499. The van der Waals surface area contributed by atoms with E-state index in [4.69, 9.17) is 4.74 Å². The Morgan fingerprint density at radius 1 is 1.26 bits per heavy atom. The molecule has 0 radical (unpaired) electrons. The Bertz CT molecular complexity index is 1050. The first-order valence-corrected chi connectivity index (χ1v) is 12.9. The van der Waals surface area contributed by atoms with Crippen molar-refractivity contribution in [3.05, 3.63) is 47.2 Å². The minimum atomic E-state index is -3.69. The first kappa shape index (κ1) is 23.6. The van der Waals surface area contributed by atoms with E-state index in [9.17, 15) is 13.2 Å². The van der Waals surface area contributed by atoms with E-state index in [0.717, 1.165) is 29.0 Å². The number of benzene rings is 1. The van der Waals surface area contributed by atoms with E-state index in [-0.39, 0.29) is 16.7 Å². The lowest BCUT2D eigenvalue weighted by atomic mass is 9.97. The number of rotatable bonds is 7. The fourth-order valence-electron chi connectivity index (χ4n) is 3.66. The van der Waals surface area contributed by atoms with Gasteiger partial charge in [-0.3, -0.25) is 4.79 Å². The van der Waals surface area contributed by atoms with Gasteiger partial charge in [-0.25, -0.2) is 18.1 Å². The van der Waals surface area contributed by atoms with Crippen LogP contribution in [0.25, 0.3) is 0 Å². The average Bonchev–Trinajstić information content (AvgIpc) is 2.79. The normalized spacial score (nSPS) is 15.2. The topological polar surface area (TPSA) is 88.6 Å². The molecule has 2 heterocycles. The predicted octanol–water partition coefficient (Wildman–Crippen LogP) is 3.26. The number of methoxy groups -OCH3 is 1. The minimum Gasteiger partial charge on any atom is -0.495 e. The van der Waals surface area contributed by atoms with Gasteiger partial charge in [0.25, 0.3) is 5.91 Å². The number of nitrogens with one attached hydrogen (secondary N) is 1. The number of hydrogen-bond donors (Lipinski definition) is 1. The van der Waals surface area contributed by atoms with Gasteiger partial charge in [0, 0.05) is 25.8 Å². The number of amides is 1.